The molecule has 1 saturated heterocycles. The van der Waals surface area contributed by atoms with Gasteiger partial charge in [-0.3, -0.25) is 14.9 Å². The van der Waals surface area contributed by atoms with Gasteiger partial charge in [0.1, 0.15) is 5.69 Å². The number of likely N-dealkylation sites (tertiary alicyclic amines) is 1. The molecular formula is C14H20N4O3. The number of aryl methyl sites for hydroxylation is 1. The van der Waals surface area contributed by atoms with Gasteiger partial charge in [0, 0.05) is 19.2 Å². The summed E-state index contributed by atoms with van der Waals surface area (Å²) >= 11 is 0. The van der Waals surface area contributed by atoms with Gasteiger partial charge in [-0.05, 0) is 44.5 Å². The van der Waals surface area contributed by atoms with E-state index in [0.29, 0.717) is 24.6 Å². The maximum Gasteiger partial charge on any atom is 0.293 e. The van der Waals surface area contributed by atoms with Crippen LogP contribution in [-0.2, 0) is 0 Å². The molecule has 1 fully saturated rings. The van der Waals surface area contributed by atoms with Gasteiger partial charge >= 0.3 is 0 Å². The number of carbonyl (C=O) groups excluding carboxylic acids is 1. The molecule has 7 nitrogen and oxygen atoms in total. The number of nitro groups is 1. The third-order valence-corrected chi connectivity index (χ3v) is 3.80. The van der Waals surface area contributed by atoms with Crippen LogP contribution in [0.15, 0.2) is 12.1 Å². The normalized spacial score (nSPS) is 18.0. The minimum atomic E-state index is -0.549. The topological polar surface area (TPSA) is 102 Å². The fourth-order valence-corrected chi connectivity index (χ4v) is 2.75. The van der Waals surface area contributed by atoms with Gasteiger partial charge in [0.05, 0.1) is 10.5 Å². The Hall–Kier alpha value is -2.15. The summed E-state index contributed by atoms with van der Waals surface area (Å²) in [6.45, 7) is 3.89. The Kier molecular flexibility index (Phi) is 4.42. The molecule has 3 N–H and O–H groups in total. The van der Waals surface area contributed by atoms with Gasteiger partial charge in [-0.15, -0.1) is 0 Å². The molecule has 1 heterocycles. The molecule has 0 spiro atoms. The van der Waals surface area contributed by atoms with E-state index in [0.717, 1.165) is 13.0 Å². The number of amides is 1. The second kappa shape index (κ2) is 6.09. The molecule has 21 heavy (non-hydrogen) atoms. The number of nitro benzene ring substituents is 1. The summed E-state index contributed by atoms with van der Waals surface area (Å²) in [5, 5.41) is 14.1. The molecule has 0 aromatic heterocycles. The highest BCUT2D eigenvalue weighted by molar-refractivity contribution is 6.01. The van der Waals surface area contributed by atoms with Crippen LogP contribution in [0.2, 0.25) is 0 Å². The van der Waals surface area contributed by atoms with Crippen LogP contribution in [0.5, 0.6) is 0 Å². The molecular weight excluding hydrogens is 272 g/mol. The van der Waals surface area contributed by atoms with E-state index in [4.69, 9.17) is 5.73 Å². The van der Waals surface area contributed by atoms with Crippen LogP contribution in [-0.4, -0.2) is 42.4 Å². The second-order valence-electron chi connectivity index (χ2n) is 5.47. The van der Waals surface area contributed by atoms with Crippen molar-refractivity contribution in [1.82, 2.24) is 10.2 Å². The summed E-state index contributed by atoms with van der Waals surface area (Å²) in [6.07, 6.45) is 0.931. The molecule has 7 heteroatoms. The van der Waals surface area contributed by atoms with Crippen molar-refractivity contribution in [2.24, 2.45) is 5.92 Å². The largest absolute Gasteiger partial charge is 0.393 e. The lowest BCUT2D eigenvalue weighted by atomic mass is 10.1. The maximum absolute atomic E-state index is 12.5. The number of nitrogen functional groups attached to an aromatic ring is 1. The maximum atomic E-state index is 12.5. The van der Waals surface area contributed by atoms with Gasteiger partial charge < -0.3 is 16.0 Å². The van der Waals surface area contributed by atoms with Crippen LogP contribution >= 0.6 is 0 Å². The molecule has 1 aliphatic heterocycles. The molecule has 0 aliphatic carbocycles. The molecule has 1 aromatic rings. The number of hydrogen-bond donors (Lipinski definition) is 2. The van der Waals surface area contributed by atoms with Gasteiger partial charge in [-0.1, -0.05) is 0 Å². The minimum Gasteiger partial charge on any atom is -0.393 e. The van der Waals surface area contributed by atoms with Crippen LogP contribution < -0.4 is 11.1 Å². The van der Waals surface area contributed by atoms with Crippen molar-refractivity contribution in [3.8, 4) is 0 Å². The fraction of sp³-hybridized carbons (Fsp3) is 0.500. The molecule has 2 rings (SSSR count). The molecule has 1 aromatic carbocycles. The first-order chi connectivity index (χ1) is 9.93. The van der Waals surface area contributed by atoms with E-state index in [9.17, 15) is 14.9 Å². The van der Waals surface area contributed by atoms with Gasteiger partial charge in [0.15, 0.2) is 0 Å². The standard InChI is InChI=1S/C14H20N4O3/c1-9-5-11(13(15)12(6-9)18(20)21)14(19)17-4-3-10(8-17)7-16-2/h5-6,10,16H,3-4,7-8,15H2,1-2H3. The Morgan fingerprint density at radius 3 is 2.90 bits per heavy atom. The lowest BCUT2D eigenvalue weighted by molar-refractivity contribution is -0.384. The summed E-state index contributed by atoms with van der Waals surface area (Å²) in [4.78, 5) is 24.7. The predicted molar refractivity (Wildman–Crippen MR) is 80.2 cm³/mol. The number of anilines is 1. The summed E-state index contributed by atoms with van der Waals surface area (Å²) in [5.74, 6) is 0.192. The Balaban J connectivity index is 2.26. The molecule has 1 unspecified atom stereocenters. The zero-order valence-electron chi connectivity index (χ0n) is 12.3. The van der Waals surface area contributed by atoms with Crippen molar-refractivity contribution in [2.75, 3.05) is 32.4 Å². The number of carbonyl (C=O) groups is 1. The minimum absolute atomic E-state index is 0.0485. The lowest BCUT2D eigenvalue weighted by Crippen LogP contribution is -2.31. The number of nitrogens with one attached hydrogen (secondary N) is 1. The number of nitrogens with two attached hydrogens (primary N) is 1. The fourth-order valence-electron chi connectivity index (χ4n) is 2.75. The summed E-state index contributed by atoms with van der Waals surface area (Å²) in [6, 6.07) is 3.01. The highest BCUT2D eigenvalue weighted by Gasteiger charge is 2.29. The molecule has 0 radical (unpaired) electrons. The van der Waals surface area contributed by atoms with E-state index in [1.165, 1.54) is 6.07 Å². The zero-order chi connectivity index (χ0) is 15.6. The van der Waals surface area contributed by atoms with Gasteiger partial charge in [-0.2, -0.15) is 0 Å². The summed E-state index contributed by atoms with van der Waals surface area (Å²) in [5.41, 5.74) is 6.45. The third-order valence-electron chi connectivity index (χ3n) is 3.80. The van der Waals surface area contributed by atoms with E-state index >= 15 is 0 Å². The number of benzene rings is 1. The van der Waals surface area contributed by atoms with Crippen LogP contribution in [0.3, 0.4) is 0 Å². The summed E-state index contributed by atoms with van der Waals surface area (Å²) in [7, 11) is 1.88. The highest BCUT2D eigenvalue weighted by Crippen LogP contribution is 2.29. The average molecular weight is 292 g/mol. The van der Waals surface area contributed by atoms with Crippen molar-refractivity contribution in [2.45, 2.75) is 13.3 Å². The molecule has 1 atom stereocenters. The predicted octanol–water partition coefficient (Wildman–Crippen LogP) is 1.17. The molecule has 0 bridgehead atoms. The Morgan fingerprint density at radius 1 is 1.57 bits per heavy atom. The highest BCUT2D eigenvalue weighted by atomic mass is 16.6. The SMILES string of the molecule is CNCC1CCN(C(=O)c2cc(C)cc([N+](=O)[O-])c2N)C1. The lowest BCUT2D eigenvalue weighted by Gasteiger charge is -2.18. The molecule has 1 aliphatic rings. The monoisotopic (exact) mass is 292 g/mol. The van der Waals surface area contributed by atoms with Gasteiger partial charge in [0.2, 0.25) is 0 Å². The van der Waals surface area contributed by atoms with Crippen molar-refractivity contribution >= 4 is 17.3 Å². The van der Waals surface area contributed by atoms with Crippen molar-refractivity contribution in [3.63, 3.8) is 0 Å². The summed E-state index contributed by atoms with van der Waals surface area (Å²) < 4.78 is 0. The van der Waals surface area contributed by atoms with E-state index < -0.39 is 4.92 Å². The molecule has 114 valence electrons. The first kappa shape index (κ1) is 15.2. The Labute approximate surface area is 123 Å². The second-order valence-corrected chi connectivity index (χ2v) is 5.47. The van der Waals surface area contributed by atoms with Crippen molar-refractivity contribution < 1.29 is 9.72 Å². The molecule has 0 saturated carbocycles. The Bertz CT molecular complexity index is 574. The van der Waals surface area contributed by atoms with E-state index in [1.54, 1.807) is 17.9 Å². The van der Waals surface area contributed by atoms with Crippen molar-refractivity contribution in [1.29, 1.82) is 0 Å². The van der Waals surface area contributed by atoms with E-state index in [1.807, 2.05) is 7.05 Å². The quantitative estimate of drug-likeness (QED) is 0.492. The smallest absolute Gasteiger partial charge is 0.293 e. The Morgan fingerprint density at radius 2 is 2.29 bits per heavy atom. The zero-order valence-corrected chi connectivity index (χ0v) is 12.3. The first-order valence-electron chi connectivity index (χ1n) is 6.92. The van der Waals surface area contributed by atoms with Crippen LogP contribution in [0.1, 0.15) is 22.3 Å². The third kappa shape index (κ3) is 3.13. The van der Waals surface area contributed by atoms with E-state index in [2.05, 4.69) is 5.32 Å². The van der Waals surface area contributed by atoms with Crippen molar-refractivity contribution in [3.05, 3.63) is 33.4 Å². The number of rotatable bonds is 4. The van der Waals surface area contributed by atoms with Crippen LogP contribution in [0.4, 0.5) is 11.4 Å². The van der Waals surface area contributed by atoms with Crippen LogP contribution in [0.25, 0.3) is 0 Å². The average Bonchev–Trinajstić information content (AvgIpc) is 2.89. The van der Waals surface area contributed by atoms with E-state index in [-0.39, 0.29) is 22.8 Å². The number of nitrogens with zero attached hydrogens (tertiary/aromatic N) is 2. The first-order valence-corrected chi connectivity index (χ1v) is 6.92. The molecule has 1 amide bonds. The van der Waals surface area contributed by atoms with Gasteiger partial charge in [-0.25, -0.2) is 0 Å². The van der Waals surface area contributed by atoms with Gasteiger partial charge in [0.25, 0.3) is 11.6 Å². The number of hydrogen-bond acceptors (Lipinski definition) is 5. The van der Waals surface area contributed by atoms with Crippen LogP contribution in [0, 0.1) is 23.0 Å².